The molecule has 0 unspecified atom stereocenters. The van der Waals surface area contributed by atoms with Gasteiger partial charge >= 0.3 is 0 Å². The average molecular weight is 288 g/mol. The van der Waals surface area contributed by atoms with Crippen LogP contribution in [0.5, 0.6) is 0 Å². The van der Waals surface area contributed by atoms with Crippen LogP contribution in [0.1, 0.15) is 25.5 Å². The summed E-state index contributed by atoms with van der Waals surface area (Å²) in [6.07, 6.45) is 0. The lowest BCUT2D eigenvalue weighted by Crippen LogP contribution is -2.60. The summed E-state index contributed by atoms with van der Waals surface area (Å²) in [5.74, 6) is 0.336. The minimum absolute atomic E-state index is 0.0750. The lowest BCUT2D eigenvalue weighted by atomic mass is 9.99. The summed E-state index contributed by atoms with van der Waals surface area (Å²) < 4.78 is 5.81. The van der Waals surface area contributed by atoms with Gasteiger partial charge in [0, 0.05) is 25.6 Å². The molecule has 1 amide bonds. The minimum Gasteiger partial charge on any atom is -0.378 e. The second-order valence-corrected chi connectivity index (χ2v) is 6.29. The molecule has 1 aromatic rings. The van der Waals surface area contributed by atoms with Crippen LogP contribution in [-0.4, -0.2) is 54.6 Å². The third kappa shape index (κ3) is 2.97. The second-order valence-electron chi connectivity index (χ2n) is 6.29. The van der Waals surface area contributed by atoms with Crippen molar-refractivity contribution < 1.29 is 9.53 Å². The van der Waals surface area contributed by atoms with E-state index in [-0.39, 0.29) is 11.8 Å². The Hall–Kier alpha value is -1.39. The van der Waals surface area contributed by atoms with E-state index in [1.54, 1.807) is 0 Å². The lowest BCUT2D eigenvalue weighted by Gasteiger charge is -2.48. The van der Waals surface area contributed by atoms with Crippen molar-refractivity contribution >= 4 is 5.91 Å². The highest BCUT2D eigenvalue weighted by Crippen LogP contribution is 2.29. The third-order valence-corrected chi connectivity index (χ3v) is 4.50. The molecule has 0 spiro atoms. The molecular formula is C17H24N2O2. The fourth-order valence-corrected chi connectivity index (χ4v) is 3.37. The van der Waals surface area contributed by atoms with Crippen molar-refractivity contribution in [3.8, 4) is 0 Å². The average Bonchev–Trinajstić information content (AvgIpc) is 2.53. The fraction of sp³-hybridized carbons (Fsp3) is 0.588. The Kier molecular flexibility index (Phi) is 4.27. The van der Waals surface area contributed by atoms with Gasteiger partial charge in [0.25, 0.3) is 0 Å². The summed E-state index contributed by atoms with van der Waals surface area (Å²) in [4.78, 5) is 16.7. The number of carbonyl (C=O) groups excluding carboxylic acids is 1. The van der Waals surface area contributed by atoms with Crippen LogP contribution in [0.15, 0.2) is 30.3 Å². The van der Waals surface area contributed by atoms with Gasteiger partial charge in [-0.2, -0.15) is 0 Å². The summed E-state index contributed by atoms with van der Waals surface area (Å²) in [6.45, 7) is 7.98. The van der Waals surface area contributed by atoms with Crippen molar-refractivity contribution in [2.75, 3.05) is 32.8 Å². The van der Waals surface area contributed by atoms with Gasteiger partial charge < -0.3 is 9.64 Å². The van der Waals surface area contributed by atoms with Crippen LogP contribution in [0.4, 0.5) is 0 Å². The maximum absolute atomic E-state index is 12.2. The van der Waals surface area contributed by atoms with Crippen LogP contribution < -0.4 is 0 Å². The zero-order valence-corrected chi connectivity index (χ0v) is 12.9. The Morgan fingerprint density at radius 3 is 2.67 bits per heavy atom. The molecule has 0 radical (unpaired) electrons. The van der Waals surface area contributed by atoms with Crippen molar-refractivity contribution in [1.29, 1.82) is 0 Å². The zero-order valence-electron chi connectivity index (χ0n) is 12.9. The lowest BCUT2D eigenvalue weighted by molar-refractivity contribution is -0.143. The molecular weight excluding hydrogens is 264 g/mol. The Bertz CT molecular complexity index is 489. The van der Waals surface area contributed by atoms with E-state index in [0.717, 1.165) is 32.8 Å². The molecule has 0 saturated carbocycles. The quantitative estimate of drug-likeness (QED) is 0.833. The number of hydrogen-bond acceptors (Lipinski definition) is 3. The van der Waals surface area contributed by atoms with E-state index in [9.17, 15) is 4.79 Å². The van der Waals surface area contributed by atoms with E-state index >= 15 is 0 Å². The van der Waals surface area contributed by atoms with Gasteiger partial charge in [-0.1, -0.05) is 44.2 Å². The van der Waals surface area contributed by atoms with Gasteiger partial charge in [0.15, 0.2) is 0 Å². The molecule has 0 aromatic heterocycles. The topological polar surface area (TPSA) is 32.8 Å². The van der Waals surface area contributed by atoms with Gasteiger partial charge in [-0.05, 0) is 5.56 Å². The number of amides is 1. The molecule has 2 fully saturated rings. The number of carbonyl (C=O) groups is 1. The first-order chi connectivity index (χ1) is 10.2. The Labute approximate surface area is 126 Å². The molecule has 4 nitrogen and oxygen atoms in total. The van der Waals surface area contributed by atoms with Gasteiger partial charge in [-0.3, -0.25) is 9.69 Å². The Morgan fingerprint density at radius 2 is 1.95 bits per heavy atom. The predicted molar refractivity (Wildman–Crippen MR) is 81.9 cm³/mol. The highest BCUT2D eigenvalue weighted by atomic mass is 16.5. The van der Waals surface area contributed by atoms with Crippen molar-refractivity contribution in [3.05, 3.63) is 35.9 Å². The van der Waals surface area contributed by atoms with E-state index in [1.807, 2.05) is 24.8 Å². The largest absolute Gasteiger partial charge is 0.378 e. The van der Waals surface area contributed by atoms with Crippen LogP contribution in [0.3, 0.4) is 0 Å². The molecule has 0 aliphatic carbocycles. The first-order valence-corrected chi connectivity index (χ1v) is 7.84. The Morgan fingerprint density at radius 1 is 1.19 bits per heavy atom. The van der Waals surface area contributed by atoms with Crippen LogP contribution >= 0.6 is 0 Å². The van der Waals surface area contributed by atoms with E-state index in [0.29, 0.717) is 12.1 Å². The first kappa shape index (κ1) is 14.5. The molecule has 2 saturated heterocycles. The molecule has 3 rings (SSSR count). The van der Waals surface area contributed by atoms with Crippen LogP contribution in [-0.2, 0) is 9.53 Å². The minimum atomic E-state index is 0.0750. The molecule has 2 aliphatic heterocycles. The Balaban J connectivity index is 1.73. The van der Waals surface area contributed by atoms with Crippen molar-refractivity contribution in [2.45, 2.75) is 25.9 Å². The van der Waals surface area contributed by atoms with E-state index in [1.165, 1.54) is 5.56 Å². The molecule has 4 heteroatoms. The van der Waals surface area contributed by atoms with E-state index in [4.69, 9.17) is 4.74 Å². The summed E-state index contributed by atoms with van der Waals surface area (Å²) >= 11 is 0. The van der Waals surface area contributed by atoms with E-state index in [2.05, 4.69) is 29.2 Å². The SMILES string of the molecule is CC(C)C(=O)N1CCN2[C@@H](COC[C@@H]2c2ccccc2)C1. The summed E-state index contributed by atoms with van der Waals surface area (Å²) in [7, 11) is 0. The number of hydrogen-bond donors (Lipinski definition) is 0. The highest BCUT2D eigenvalue weighted by molar-refractivity contribution is 5.78. The molecule has 2 heterocycles. The smallest absolute Gasteiger partial charge is 0.225 e. The van der Waals surface area contributed by atoms with Crippen molar-refractivity contribution in [2.24, 2.45) is 5.92 Å². The van der Waals surface area contributed by atoms with Gasteiger partial charge in [-0.25, -0.2) is 0 Å². The first-order valence-electron chi connectivity index (χ1n) is 7.84. The number of benzene rings is 1. The van der Waals surface area contributed by atoms with Crippen molar-refractivity contribution in [3.63, 3.8) is 0 Å². The maximum atomic E-state index is 12.2. The van der Waals surface area contributed by atoms with Gasteiger partial charge in [0.05, 0.1) is 25.3 Å². The van der Waals surface area contributed by atoms with Gasteiger partial charge in [-0.15, -0.1) is 0 Å². The number of ether oxygens (including phenoxy) is 1. The molecule has 114 valence electrons. The molecule has 2 aliphatic rings. The second kappa shape index (κ2) is 6.16. The molecule has 2 atom stereocenters. The predicted octanol–water partition coefficient (Wildman–Crippen LogP) is 1.93. The number of nitrogens with zero attached hydrogens (tertiary/aromatic N) is 2. The van der Waals surface area contributed by atoms with Crippen LogP contribution in [0, 0.1) is 5.92 Å². The van der Waals surface area contributed by atoms with Gasteiger partial charge in [0.1, 0.15) is 0 Å². The number of morpholine rings is 1. The summed E-state index contributed by atoms with van der Waals surface area (Å²) in [5.41, 5.74) is 1.31. The number of fused-ring (bicyclic) bond motifs is 1. The molecule has 21 heavy (non-hydrogen) atoms. The highest BCUT2D eigenvalue weighted by Gasteiger charge is 2.37. The maximum Gasteiger partial charge on any atom is 0.225 e. The molecule has 0 N–H and O–H groups in total. The molecule has 0 bridgehead atoms. The monoisotopic (exact) mass is 288 g/mol. The third-order valence-electron chi connectivity index (χ3n) is 4.50. The van der Waals surface area contributed by atoms with Crippen LogP contribution in [0.2, 0.25) is 0 Å². The molecule has 1 aromatic carbocycles. The van der Waals surface area contributed by atoms with Gasteiger partial charge in [0.2, 0.25) is 5.91 Å². The van der Waals surface area contributed by atoms with Crippen LogP contribution in [0.25, 0.3) is 0 Å². The zero-order chi connectivity index (χ0) is 14.8. The normalized spacial score (nSPS) is 26.7. The summed E-state index contributed by atoms with van der Waals surface area (Å²) in [5, 5.41) is 0. The van der Waals surface area contributed by atoms with E-state index < -0.39 is 0 Å². The van der Waals surface area contributed by atoms with Crippen molar-refractivity contribution in [1.82, 2.24) is 9.80 Å². The standard InChI is InChI=1S/C17H24N2O2/c1-13(2)17(20)18-8-9-19-15(10-18)11-21-12-16(19)14-6-4-3-5-7-14/h3-7,13,15-16H,8-12H2,1-2H3/t15-,16-/m1/s1. The summed E-state index contributed by atoms with van der Waals surface area (Å²) in [6, 6.07) is 11.2. The fourth-order valence-electron chi connectivity index (χ4n) is 3.37. The number of rotatable bonds is 2. The number of piperazine rings is 1.